The lowest BCUT2D eigenvalue weighted by Crippen LogP contribution is -2.37. The average molecular weight is 263 g/mol. The number of rotatable bonds is 5. The molecule has 0 saturated carbocycles. The van der Waals surface area contributed by atoms with Gasteiger partial charge in [-0.15, -0.1) is 0 Å². The van der Waals surface area contributed by atoms with Gasteiger partial charge in [-0.2, -0.15) is 0 Å². The summed E-state index contributed by atoms with van der Waals surface area (Å²) in [4.78, 5) is 12.9. The SMILES string of the molecule is CC1C(C(=O)O)CCN1CCS(=O)(=O)C(C)C. The first-order valence-electron chi connectivity index (χ1n) is 5.94. The third-order valence-electron chi connectivity index (χ3n) is 3.58. The summed E-state index contributed by atoms with van der Waals surface area (Å²) in [7, 11) is -3.04. The Morgan fingerprint density at radius 1 is 1.47 bits per heavy atom. The van der Waals surface area contributed by atoms with Gasteiger partial charge in [-0.3, -0.25) is 9.69 Å². The number of nitrogens with zero attached hydrogens (tertiary/aromatic N) is 1. The van der Waals surface area contributed by atoms with E-state index < -0.39 is 15.8 Å². The van der Waals surface area contributed by atoms with Crippen LogP contribution in [0, 0.1) is 5.92 Å². The van der Waals surface area contributed by atoms with Crippen molar-refractivity contribution in [3.63, 3.8) is 0 Å². The summed E-state index contributed by atoms with van der Waals surface area (Å²) in [5.74, 6) is -1.04. The fourth-order valence-corrected chi connectivity index (χ4v) is 3.09. The van der Waals surface area contributed by atoms with Crippen molar-refractivity contribution in [2.45, 2.75) is 38.5 Å². The van der Waals surface area contributed by atoms with Crippen molar-refractivity contribution in [3.8, 4) is 0 Å². The molecule has 0 spiro atoms. The second kappa shape index (κ2) is 5.35. The molecule has 1 saturated heterocycles. The van der Waals surface area contributed by atoms with E-state index in [-0.39, 0.29) is 23.0 Å². The van der Waals surface area contributed by atoms with E-state index in [9.17, 15) is 13.2 Å². The van der Waals surface area contributed by atoms with Crippen LogP contribution in [0.4, 0.5) is 0 Å². The van der Waals surface area contributed by atoms with E-state index in [1.54, 1.807) is 13.8 Å². The van der Waals surface area contributed by atoms with E-state index in [4.69, 9.17) is 5.11 Å². The van der Waals surface area contributed by atoms with Gasteiger partial charge in [0.2, 0.25) is 0 Å². The van der Waals surface area contributed by atoms with Crippen LogP contribution in [0.3, 0.4) is 0 Å². The van der Waals surface area contributed by atoms with Gasteiger partial charge in [-0.05, 0) is 33.7 Å². The number of likely N-dealkylation sites (tertiary alicyclic amines) is 1. The summed E-state index contributed by atoms with van der Waals surface area (Å²) in [5, 5.41) is 8.61. The highest BCUT2D eigenvalue weighted by atomic mass is 32.2. The molecular formula is C11H21NO4S. The van der Waals surface area contributed by atoms with Crippen LogP contribution >= 0.6 is 0 Å². The Labute approximate surface area is 103 Å². The Hall–Kier alpha value is -0.620. The van der Waals surface area contributed by atoms with E-state index in [0.29, 0.717) is 19.5 Å². The van der Waals surface area contributed by atoms with Crippen LogP contribution in [-0.2, 0) is 14.6 Å². The van der Waals surface area contributed by atoms with Gasteiger partial charge in [0.25, 0.3) is 0 Å². The second-order valence-electron chi connectivity index (χ2n) is 4.93. The molecule has 5 nitrogen and oxygen atoms in total. The van der Waals surface area contributed by atoms with E-state index in [1.807, 2.05) is 11.8 Å². The maximum atomic E-state index is 11.7. The lowest BCUT2D eigenvalue weighted by molar-refractivity contribution is -0.142. The largest absolute Gasteiger partial charge is 0.481 e. The number of carboxylic acid groups (broad SMARTS) is 1. The highest BCUT2D eigenvalue weighted by Gasteiger charge is 2.35. The summed E-state index contributed by atoms with van der Waals surface area (Å²) in [6.07, 6.45) is 0.609. The topological polar surface area (TPSA) is 74.7 Å². The summed E-state index contributed by atoms with van der Waals surface area (Å²) >= 11 is 0. The van der Waals surface area contributed by atoms with Crippen molar-refractivity contribution < 1.29 is 18.3 Å². The molecule has 0 bridgehead atoms. The monoisotopic (exact) mass is 263 g/mol. The van der Waals surface area contributed by atoms with E-state index in [1.165, 1.54) is 0 Å². The fraction of sp³-hybridized carbons (Fsp3) is 0.909. The van der Waals surface area contributed by atoms with Crippen LogP contribution in [0.1, 0.15) is 27.2 Å². The molecule has 0 aromatic heterocycles. The minimum Gasteiger partial charge on any atom is -0.481 e. The lowest BCUT2D eigenvalue weighted by Gasteiger charge is -2.23. The van der Waals surface area contributed by atoms with Gasteiger partial charge in [-0.1, -0.05) is 0 Å². The van der Waals surface area contributed by atoms with Crippen LogP contribution in [0.15, 0.2) is 0 Å². The van der Waals surface area contributed by atoms with Gasteiger partial charge in [0.15, 0.2) is 9.84 Å². The predicted octanol–water partition coefficient (Wildman–Crippen LogP) is 0.605. The standard InChI is InChI=1S/C11H21NO4S/c1-8(2)17(15,16)7-6-12-5-4-10(9(12)3)11(13)14/h8-10H,4-7H2,1-3H3,(H,13,14). The molecule has 17 heavy (non-hydrogen) atoms. The molecule has 0 aliphatic carbocycles. The van der Waals surface area contributed by atoms with Crippen molar-refractivity contribution >= 4 is 15.8 Å². The van der Waals surface area contributed by atoms with Crippen molar-refractivity contribution in [3.05, 3.63) is 0 Å². The summed E-state index contributed by atoms with van der Waals surface area (Å²) in [6, 6.07) is -0.0742. The molecule has 2 unspecified atom stereocenters. The molecule has 1 aliphatic heterocycles. The molecule has 0 amide bonds. The maximum absolute atomic E-state index is 11.7. The van der Waals surface area contributed by atoms with Gasteiger partial charge < -0.3 is 5.11 Å². The molecule has 1 heterocycles. The Morgan fingerprint density at radius 2 is 2.06 bits per heavy atom. The molecule has 0 aromatic carbocycles. The van der Waals surface area contributed by atoms with Gasteiger partial charge in [0.1, 0.15) is 0 Å². The minimum absolute atomic E-state index is 0.0742. The first-order chi connectivity index (χ1) is 7.75. The molecule has 1 N–H and O–H groups in total. The van der Waals surface area contributed by atoms with E-state index in [0.717, 1.165) is 0 Å². The van der Waals surface area contributed by atoms with Crippen LogP contribution in [0.5, 0.6) is 0 Å². The number of hydrogen-bond acceptors (Lipinski definition) is 4. The third kappa shape index (κ3) is 3.42. The number of hydrogen-bond donors (Lipinski definition) is 1. The molecule has 1 fully saturated rings. The van der Waals surface area contributed by atoms with Crippen molar-refractivity contribution in [2.24, 2.45) is 5.92 Å². The molecule has 0 aromatic rings. The van der Waals surface area contributed by atoms with Gasteiger partial charge in [0.05, 0.1) is 16.9 Å². The summed E-state index contributed by atoms with van der Waals surface area (Å²) < 4.78 is 23.3. The summed E-state index contributed by atoms with van der Waals surface area (Å²) in [6.45, 7) is 6.30. The highest BCUT2D eigenvalue weighted by molar-refractivity contribution is 7.92. The van der Waals surface area contributed by atoms with Gasteiger partial charge in [-0.25, -0.2) is 8.42 Å². The molecule has 2 atom stereocenters. The zero-order valence-electron chi connectivity index (χ0n) is 10.6. The van der Waals surface area contributed by atoms with Gasteiger partial charge in [0, 0.05) is 12.6 Å². The molecule has 0 radical (unpaired) electrons. The number of carboxylic acids is 1. The van der Waals surface area contributed by atoms with Crippen LogP contribution < -0.4 is 0 Å². The van der Waals surface area contributed by atoms with Crippen LogP contribution in [0.25, 0.3) is 0 Å². The Bertz CT molecular complexity index is 377. The fourth-order valence-electron chi connectivity index (χ4n) is 2.13. The first kappa shape index (κ1) is 14.4. The zero-order chi connectivity index (χ0) is 13.2. The Morgan fingerprint density at radius 3 is 2.47 bits per heavy atom. The normalized spacial score (nSPS) is 26.6. The zero-order valence-corrected chi connectivity index (χ0v) is 11.4. The third-order valence-corrected chi connectivity index (χ3v) is 5.77. The van der Waals surface area contributed by atoms with Crippen molar-refractivity contribution in [1.82, 2.24) is 4.90 Å². The van der Waals surface area contributed by atoms with Crippen LogP contribution in [0.2, 0.25) is 0 Å². The Balaban J connectivity index is 2.53. The minimum atomic E-state index is -3.04. The second-order valence-corrected chi connectivity index (χ2v) is 7.60. The lowest BCUT2D eigenvalue weighted by atomic mass is 10.0. The number of sulfone groups is 1. The van der Waals surface area contributed by atoms with Crippen molar-refractivity contribution in [2.75, 3.05) is 18.8 Å². The summed E-state index contributed by atoms with van der Waals surface area (Å²) in [5.41, 5.74) is 0. The van der Waals surface area contributed by atoms with Crippen molar-refractivity contribution in [1.29, 1.82) is 0 Å². The Kier molecular flexibility index (Phi) is 4.55. The first-order valence-corrected chi connectivity index (χ1v) is 7.65. The average Bonchev–Trinajstić information content (AvgIpc) is 2.56. The van der Waals surface area contributed by atoms with Crippen LogP contribution in [-0.4, -0.2) is 54.5 Å². The quantitative estimate of drug-likeness (QED) is 0.786. The number of aliphatic carboxylic acids is 1. The highest BCUT2D eigenvalue weighted by Crippen LogP contribution is 2.24. The smallest absolute Gasteiger partial charge is 0.308 e. The molecular weight excluding hydrogens is 242 g/mol. The number of carbonyl (C=O) groups is 1. The van der Waals surface area contributed by atoms with E-state index >= 15 is 0 Å². The molecule has 100 valence electrons. The predicted molar refractivity (Wildman–Crippen MR) is 65.7 cm³/mol. The molecule has 1 rings (SSSR count). The molecule has 1 aliphatic rings. The van der Waals surface area contributed by atoms with E-state index in [2.05, 4.69) is 0 Å². The maximum Gasteiger partial charge on any atom is 0.308 e. The molecule has 6 heteroatoms. The van der Waals surface area contributed by atoms with Gasteiger partial charge >= 0.3 is 5.97 Å².